The number of nitrogens with one attached hydrogen (secondary N) is 1. The lowest BCUT2D eigenvalue weighted by Gasteiger charge is -2.36. The minimum Gasteiger partial charge on any atom is -0.317 e. The smallest absolute Gasteiger partial charge is 0.317 e. The molecule has 0 radical (unpaired) electrons. The number of aryl methyl sites for hydroxylation is 1. The first-order chi connectivity index (χ1) is 12.3. The van der Waals surface area contributed by atoms with E-state index in [2.05, 4.69) is 28.5 Å². The van der Waals surface area contributed by atoms with Crippen molar-refractivity contribution in [3.8, 4) is 0 Å². The highest BCUT2D eigenvalue weighted by atomic mass is 16.2. The first kappa shape index (κ1) is 16.1. The van der Waals surface area contributed by atoms with Crippen LogP contribution in [0.25, 0.3) is 0 Å². The molecule has 2 amide bonds. The van der Waals surface area contributed by atoms with E-state index in [1.165, 1.54) is 24.0 Å². The van der Waals surface area contributed by atoms with E-state index in [-0.39, 0.29) is 12.1 Å². The summed E-state index contributed by atoms with van der Waals surface area (Å²) in [6, 6.07) is 10.5. The number of piperidine rings is 1. The molecule has 2 heterocycles. The molecule has 1 unspecified atom stereocenters. The summed E-state index contributed by atoms with van der Waals surface area (Å²) in [7, 11) is 0. The standard InChI is InChI=1S/C21H25N3O/c25-21(23-19-11-5-8-16-7-1-2-10-18(16)19)24-14-4-3-12-20(24)17-9-6-13-22-15-17/h5-6,8-9,11,13,15,20H,1-4,7,10,12,14H2,(H,23,25). The van der Waals surface area contributed by atoms with Gasteiger partial charge in [0.05, 0.1) is 6.04 Å². The predicted molar refractivity (Wildman–Crippen MR) is 99.6 cm³/mol. The number of benzene rings is 1. The van der Waals surface area contributed by atoms with Crippen LogP contribution in [0.1, 0.15) is 54.8 Å². The van der Waals surface area contributed by atoms with Crippen molar-refractivity contribution >= 4 is 11.7 Å². The van der Waals surface area contributed by atoms with Crippen molar-refractivity contribution in [2.75, 3.05) is 11.9 Å². The van der Waals surface area contributed by atoms with Crippen LogP contribution in [0.5, 0.6) is 0 Å². The Labute approximate surface area is 149 Å². The quantitative estimate of drug-likeness (QED) is 0.863. The van der Waals surface area contributed by atoms with Crippen molar-refractivity contribution < 1.29 is 4.79 Å². The van der Waals surface area contributed by atoms with E-state index in [1.54, 1.807) is 6.20 Å². The van der Waals surface area contributed by atoms with Gasteiger partial charge in [-0.2, -0.15) is 0 Å². The molecule has 0 saturated carbocycles. The van der Waals surface area contributed by atoms with E-state index in [1.807, 2.05) is 23.2 Å². The molecule has 2 aromatic rings. The van der Waals surface area contributed by atoms with Gasteiger partial charge >= 0.3 is 6.03 Å². The van der Waals surface area contributed by atoms with E-state index >= 15 is 0 Å². The number of aromatic nitrogens is 1. The Bertz CT molecular complexity index is 744. The van der Waals surface area contributed by atoms with Crippen LogP contribution in [0, 0.1) is 0 Å². The minimum absolute atomic E-state index is 0.0209. The number of anilines is 1. The summed E-state index contributed by atoms with van der Waals surface area (Å²) < 4.78 is 0. The van der Waals surface area contributed by atoms with Gasteiger partial charge in [0.15, 0.2) is 0 Å². The van der Waals surface area contributed by atoms with Crippen LogP contribution in [0.4, 0.5) is 10.5 Å². The van der Waals surface area contributed by atoms with Crippen molar-refractivity contribution in [3.63, 3.8) is 0 Å². The van der Waals surface area contributed by atoms with Gasteiger partial charge in [0, 0.05) is 24.6 Å². The number of pyridine rings is 1. The highest BCUT2D eigenvalue weighted by molar-refractivity contribution is 5.90. The van der Waals surface area contributed by atoms with Gasteiger partial charge in [-0.05, 0) is 73.8 Å². The summed E-state index contributed by atoms with van der Waals surface area (Å²) in [5.74, 6) is 0. The fourth-order valence-corrected chi connectivity index (χ4v) is 4.18. The number of urea groups is 1. The third kappa shape index (κ3) is 3.39. The first-order valence-corrected chi connectivity index (χ1v) is 9.41. The van der Waals surface area contributed by atoms with Crippen molar-refractivity contribution in [2.45, 2.75) is 51.0 Å². The van der Waals surface area contributed by atoms with Crippen molar-refractivity contribution in [2.24, 2.45) is 0 Å². The summed E-state index contributed by atoms with van der Waals surface area (Å²) in [6.45, 7) is 0.806. The maximum Gasteiger partial charge on any atom is 0.322 e. The van der Waals surface area contributed by atoms with E-state index in [9.17, 15) is 4.79 Å². The molecule has 25 heavy (non-hydrogen) atoms. The van der Waals surface area contributed by atoms with E-state index in [0.29, 0.717) is 0 Å². The van der Waals surface area contributed by atoms with Gasteiger partial charge in [-0.15, -0.1) is 0 Å². The number of rotatable bonds is 2. The maximum atomic E-state index is 13.0. The zero-order valence-electron chi connectivity index (χ0n) is 14.6. The molecule has 1 aromatic heterocycles. The van der Waals surface area contributed by atoms with Crippen LogP contribution in [0.15, 0.2) is 42.7 Å². The van der Waals surface area contributed by atoms with Gasteiger partial charge in [0.2, 0.25) is 0 Å². The van der Waals surface area contributed by atoms with Crippen LogP contribution in [0.3, 0.4) is 0 Å². The van der Waals surface area contributed by atoms with Crippen molar-refractivity contribution in [3.05, 3.63) is 59.4 Å². The predicted octanol–water partition coefficient (Wildman–Crippen LogP) is 4.72. The lowest BCUT2D eigenvalue weighted by Crippen LogP contribution is -2.41. The van der Waals surface area contributed by atoms with E-state index < -0.39 is 0 Å². The molecule has 130 valence electrons. The zero-order chi connectivity index (χ0) is 17.1. The summed E-state index contributed by atoms with van der Waals surface area (Å²) in [4.78, 5) is 19.3. The molecule has 1 aromatic carbocycles. The lowest BCUT2D eigenvalue weighted by molar-refractivity contribution is 0.163. The summed E-state index contributed by atoms with van der Waals surface area (Å²) in [5, 5.41) is 3.21. The summed E-state index contributed by atoms with van der Waals surface area (Å²) in [6.07, 6.45) is 11.6. The molecule has 1 aliphatic heterocycles. The fourth-order valence-electron chi connectivity index (χ4n) is 4.18. The number of nitrogens with zero attached hydrogens (tertiary/aromatic N) is 2. The second kappa shape index (κ2) is 7.26. The molecule has 1 atom stereocenters. The van der Waals surface area contributed by atoms with E-state index in [4.69, 9.17) is 0 Å². The SMILES string of the molecule is O=C(Nc1cccc2c1CCCC2)N1CCCCC1c1cccnc1. The number of carbonyl (C=O) groups excluding carboxylic acids is 1. The first-order valence-electron chi connectivity index (χ1n) is 9.41. The van der Waals surface area contributed by atoms with Crippen LogP contribution >= 0.6 is 0 Å². The van der Waals surface area contributed by atoms with Gasteiger partial charge in [-0.3, -0.25) is 4.98 Å². The number of hydrogen-bond acceptors (Lipinski definition) is 2. The molecule has 1 fully saturated rings. The van der Waals surface area contributed by atoms with Crippen LogP contribution in [-0.2, 0) is 12.8 Å². The molecule has 2 aliphatic rings. The van der Waals surface area contributed by atoms with Crippen LogP contribution in [-0.4, -0.2) is 22.5 Å². The van der Waals surface area contributed by atoms with Gasteiger partial charge in [0.25, 0.3) is 0 Å². The second-order valence-corrected chi connectivity index (χ2v) is 7.07. The van der Waals surface area contributed by atoms with E-state index in [0.717, 1.165) is 49.9 Å². The highest BCUT2D eigenvalue weighted by Crippen LogP contribution is 2.32. The third-order valence-corrected chi connectivity index (χ3v) is 5.47. The normalized spacial score (nSPS) is 20.0. The zero-order valence-corrected chi connectivity index (χ0v) is 14.6. The number of amides is 2. The molecule has 4 rings (SSSR count). The monoisotopic (exact) mass is 335 g/mol. The molecule has 1 saturated heterocycles. The molecule has 4 nitrogen and oxygen atoms in total. The average molecular weight is 335 g/mol. The molecular formula is C21H25N3O. The summed E-state index contributed by atoms with van der Waals surface area (Å²) in [5.41, 5.74) is 4.86. The molecular weight excluding hydrogens is 310 g/mol. The number of carbonyl (C=O) groups is 1. The molecule has 0 bridgehead atoms. The molecule has 4 heteroatoms. The van der Waals surface area contributed by atoms with Crippen LogP contribution in [0.2, 0.25) is 0 Å². The fraction of sp³-hybridized carbons (Fsp3) is 0.429. The largest absolute Gasteiger partial charge is 0.322 e. The Morgan fingerprint density at radius 3 is 2.88 bits per heavy atom. The Morgan fingerprint density at radius 1 is 1.08 bits per heavy atom. The minimum atomic E-state index is 0.0209. The Morgan fingerprint density at radius 2 is 2.00 bits per heavy atom. The van der Waals surface area contributed by atoms with Crippen molar-refractivity contribution in [1.29, 1.82) is 0 Å². The molecule has 0 spiro atoms. The Kier molecular flexibility index (Phi) is 4.68. The average Bonchev–Trinajstić information content (AvgIpc) is 2.69. The van der Waals surface area contributed by atoms with Gasteiger partial charge in [0.1, 0.15) is 0 Å². The van der Waals surface area contributed by atoms with Crippen molar-refractivity contribution in [1.82, 2.24) is 9.88 Å². The van der Waals surface area contributed by atoms with Gasteiger partial charge in [-0.25, -0.2) is 4.79 Å². The Balaban J connectivity index is 1.55. The summed E-state index contributed by atoms with van der Waals surface area (Å²) >= 11 is 0. The molecule has 1 N–H and O–H groups in total. The topological polar surface area (TPSA) is 45.2 Å². The third-order valence-electron chi connectivity index (χ3n) is 5.47. The van der Waals surface area contributed by atoms with Crippen LogP contribution < -0.4 is 5.32 Å². The lowest BCUT2D eigenvalue weighted by atomic mass is 9.90. The number of fused-ring (bicyclic) bond motifs is 1. The number of hydrogen-bond donors (Lipinski definition) is 1. The maximum absolute atomic E-state index is 13.0. The molecule has 1 aliphatic carbocycles. The number of likely N-dealkylation sites (tertiary alicyclic amines) is 1. The Hall–Kier alpha value is -2.36. The van der Waals surface area contributed by atoms with Gasteiger partial charge in [-0.1, -0.05) is 18.2 Å². The second-order valence-electron chi connectivity index (χ2n) is 7.07. The van der Waals surface area contributed by atoms with Gasteiger partial charge < -0.3 is 10.2 Å². The highest BCUT2D eigenvalue weighted by Gasteiger charge is 2.28.